The first-order valence-corrected chi connectivity index (χ1v) is 11.0. The Hall–Kier alpha value is -3.39. The van der Waals surface area contributed by atoms with Gasteiger partial charge in [0.1, 0.15) is 11.7 Å². The topological polar surface area (TPSA) is 91.9 Å². The summed E-state index contributed by atoms with van der Waals surface area (Å²) in [4.78, 5) is 39.7. The largest absolute Gasteiger partial charge is 0.354 e. The number of aliphatic imine (C=N–C) groups is 2. The molecule has 0 radical (unpaired) electrons. The zero-order chi connectivity index (χ0) is 22.2. The Labute approximate surface area is 186 Å². The summed E-state index contributed by atoms with van der Waals surface area (Å²) in [5.74, 6) is -0.317. The smallest absolute Gasteiger partial charge is 0.272 e. The summed E-state index contributed by atoms with van der Waals surface area (Å²) in [5, 5.41) is 2.62. The van der Waals surface area contributed by atoms with Gasteiger partial charge in [0.15, 0.2) is 0 Å². The number of dihydropyridines is 2. The van der Waals surface area contributed by atoms with Crippen molar-refractivity contribution in [3.05, 3.63) is 53.4 Å². The third-order valence-corrected chi connectivity index (χ3v) is 6.36. The van der Waals surface area contributed by atoms with Gasteiger partial charge in [-0.2, -0.15) is 0 Å². The molecule has 8 nitrogen and oxygen atoms in total. The quantitative estimate of drug-likeness (QED) is 0.788. The van der Waals surface area contributed by atoms with Crippen LogP contribution < -0.4 is 5.32 Å². The highest BCUT2D eigenvalue weighted by molar-refractivity contribution is 6.16. The normalized spacial score (nSPS) is 23.1. The van der Waals surface area contributed by atoms with Crippen LogP contribution in [-0.2, 0) is 4.79 Å². The number of aromatic nitrogens is 2. The number of pyridine rings is 1. The number of carbonyl (C=O) groups is 2. The molecule has 3 aliphatic rings. The number of likely N-dealkylation sites (tertiary alicyclic amines) is 1. The van der Waals surface area contributed by atoms with Gasteiger partial charge < -0.3 is 9.88 Å². The molecule has 8 heteroatoms. The summed E-state index contributed by atoms with van der Waals surface area (Å²) in [5.41, 5.74) is 4.87. The number of rotatable bonds is 5. The van der Waals surface area contributed by atoms with E-state index in [1.807, 2.05) is 37.4 Å². The molecular formula is C24H26N6O2. The van der Waals surface area contributed by atoms with Crippen LogP contribution in [0.3, 0.4) is 0 Å². The highest BCUT2D eigenvalue weighted by Crippen LogP contribution is 2.28. The molecule has 2 amide bonds. The van der Waals surface area contributed by atoms with Gasteiger partial charge in [0.05, 0.1) is 16.7 Å². The van der Waals surface area contributed by atoms with E-state index in [1.165, 1.54) is 0 Å². The molecular weight excluding hydrogens is 404 g/mol. The summed E-state index contributed by atoms with van der Waals surface area (Å²) < 4.78 is 2.26. The Morgan fingerprint density at radius 2 is 2.16 bits per heavy atom. The maximum Gasteiger partial charge on any atom is 0.272 e. The lowest BCUT2D eigenvalue weighted by Crippen LogP contribution is -2.30. The first kappa shape index (κ1) is 20.5. The number of nitrogens with one attached hydrogen (secondary N) is 1. The van der Waals surface area contributed by atoms with Crippen molar-refractivity contribution >= 4 is 34.8 Å². The van der Waals surface area contributed by atoms with Gasteiger partial charge in [-0.05, 0) is 48.8 Å². The van der Waals surface area contributed by atoms with Gasteiger partial charge in [-0.1, -0.05) is 6.92 Å². The van der Waals surface area contributed by atoms with E-state index in [-0.39, 0.29) is 17.9 Å². The van der Waals surface area contributed by atoms with Gasteiger partial charge >= 0.3 is 0 Å². The number of nitrogens with zero attached hydrogens (tertiary/aromatic N) is 5. The average molecular weight is 431 g/mol. The van der Waals surface area contributed by atoms with Crippen molar-refractivity contribution in [1.29, 1.82) is 0 Å². The van der Waals surface area contributed by atoms with E-state index in [1.54, 1.807) is 13.1 Å². The van der Waals surface area contributed by atoms with Crippen molar-refractivity contribution in [2.24, 2.45) is 9.98 Å². The standard InChI is InChI=1S/C24H26N6O2/c1-3-16-11-20-21(28-23(16)31)10-15(12-26-20)13-29-8-6-17(14-29)30-9-7-18-22(30)5-4-19(27-18)24(32)25-2/h4-5,7,9-12,17,20H,3,6,8,13-14H2,1-2H3,(H,25,32)/t17-,20?/m1/s1. The van der Waals surface area contributed by atoms with Crippen LogP contribution in [0.15, 0.2) is 57.7 Å². The second kappa shape index (κ2) is 8.27. The minimum absolute atomic E-state index is 0.129. The maximum atomic E-state index is 12.1. The minimum atomic E-state index is -0.179. The summed E-state index contributed by atoms with van der Waals surface area (Å²) in [7, 11) is 1.61. The zero-order valence-corrected chi connectivity index (χ0v) is 18.3. The van der Waals surface area contributed by atoms with Gasteiger partial charge in [-0.15, -0.1) is 0 Å². The Bertz CT molecular complexity index is 1220. The molecule has 2 atom stereocenters. The summed E-state index contributed by atoms with van der Waals surface area (Å²) in [6.07, 6.45) is 9.65. The monoisotopic (exact) mass is 430 g/mol. The number of amides is 2. The van der Waals surface area contributed by atoms with Crippen LogP contribution in [0.1, 0.15) is 36.3 Å². The SMILES string of the molecule is CCC1=CC2N=CC(CN3CC[C@@H](n4ccc5nc(C(=O)NC)ccc54)C3)=CC2=NC1=O. The molecule has 32 heavy (non-hydrogen) atoms. The fourth-order valence-corrected chi connectivity index (χ4v) is 4.65. The van der Waals surface area contributed by atoms with Crippen molar-refractivity contribution in [3.63, 3.8) is 0 Å². The lowest BCUT2D eigenvalue weighted by atomic mass is 9.98. The molecule has 5 heterocycles. The van der Waals surface area contributed by atoms with Gasteiger partial charge in [-0.25, -0.2) is 9.98 Å². The van der Waals surface area contributed by atoms with Crippen molar-refractivity contribution in [1.82, 2.24) is 19.8 Å². The van der Waals surface area contributed by atoms with Crippen LogP contribution in [0.5, 0.6) is 0 Å². The van der Waals surface area contributed by atoms with E-state index in [4.69, 9.17) is 0 Å². The molecule has 0 saturated carbocycles. The first-order chi connectivity index (χ1) is 15.6. The zero-order valence-electron chi connectivity index (χ0n) is 18.3. The van der Waals surface area contributed by atoms with Crippen molar-refractivity contribution in [2.45, 2.75) is 31.8 Å². The van der Waals surface area contributed by atoms with Crippen LogP contribution in [-0.4, -0.2) is 70.9 Å². The molecule has 1 fully saturated rings. The lowest BCUT2D eigenvalue weighted by molar-refractivity contribution is -0.114. The van der Waals surface area contributed by atoms with E-state index in [0.29, 0.717) is 18.2 Å². The van der Waals surface area contributed by atoms with E-state index in [2.05, 4.69) is 35.9 Å². The van der Waals surface area contributed by atoms with E-state index in [9.17, 15) is 9.59 Å². The maximum absolute atomic E-state index is 12.1. The fourth-order valence-electron chi connectivity index (χ4n) is 4.65. The molecule has 164 valence electrons. The van der Waals surface area contributed by atoms with Crippen molar-refractivity contribution in [2.75, 3.05) is 26.7 Å². The molecule has 1 N–H and O–H groups in total. The van der Waals surface area contributed by atoms with Gasteiger partial charge in [0.25, 0.3) is 11.8 Å². The first-order valence-electron chi connectivity index (χ1n) is 11.0. The van der Waals surface area contributed by atoms with E-state index in [0.717, 1.165) is 53.9 Å². The van der Waals surface area contributed by atoms with E-state index >= 15 is 0 Å². The van der Waals surface area contributed by atoms with Crippen LogP contribution in [0, 0.1) is 0 Å². The molecule has 5 rings (SSSR count). The van der Waals surface area contributed by atoms with Crippen LogP contribution >= 0.6 is 0 Å². The van der Waals surface area contributed by atoms with Crippen LogP contribution in [0.4, 0.5) is 0 Å². The summed E-state index contributed by atoms with van der Waals surface area (Å²) >= 11 is 0. The molecule has 0 aromatic carbocycles. The highest BCUT2D eigenvalue weighted by Gasteiger charge is 2.27. The Kier molecular flexibility index (Phi) is 5.30. The number of carbonyl (C=O) groups excluding carboxylic acids is 2. The van der Waals surface area contributed by atoms with Gasteiger partial charge in [0, 0.05) is 50.7 Å². The Morgan fingerprint density at radius 1 is 1.28 bits per heavy atom. The number of fused-ring (bicyclic) bond motifs is 2. The number of hydrogen-bond donors (Lipinski definition) is 1. The summed E-state index contributed by atoms with van der Waals surface area (Å²) in [6.45, 7) is 4.64. The van der Waals surface area contributed by atoms with Gasteiger partial charge in [0.2, 0.25) is 0 Å². The van der Waals surface area contributed by atoms with Crippen LogP contribution in [0.25, 0.3) is 11.0 Å². The molecule has 0 bridgehead atoms. The minimum Gasteiger partial charge on any atom is -0.354 e. The predicted octanol–water partition coefficient (Wildman–Crippen LogP) is 2.34. The number of hydrogen-bond acceptors (Lipinski definition) is 5. The second-order valence-electron chi connectivity index (χ2n) is 8.41. The Morgan fingerprint density at radius 3 is 2.97 bits per heavy atom. The molecule has 3 aliphatic heterocycles. The highest BCUT2D eigenvalue weighted by atomic mass is 16.2. The van der Waals surface area contributed by atoms with E-state index < -0.39 is 0 Å². The molecule has 2 aromatic heterocycles. The molecule has 1 saturated heterocycles. The Balaban J connectivity index is 1.27. The molecule has 2 aromatic rings. The molecule has 1 unspecified atom stereocenters. The van der Waals surface area contributed by atoms with Crippen molar-refractivity contribution in [3.8, 4) is 0 Å². The van der Waals surface area contributed by atoms with Crippen LogP contribution in [0.2, 0.25) is 0 Å². The molecule has 0 spiro atoms. The average Bonchev–Trinajstić information content (AvgIpc) is 3.44. The van der Waals surface area contributed by atoms with Gasteiger partial charge in [-0.3, -0.25) is 19.5 Å². The second-order valence-corrected chi connectivity index (χ2v) is 8.41. The third kappa shape index (κ3) is 3.71. The summed E-state index contributed by atoms with van der Waals surface area (Å²) in [6, 6.07) is 5.93. The third-order valence-electron chi connectivity index (χ3n) is 6.36. The molecule has 0 aliphatic carbocycles. The fraction of sp³-hybridized carbons (Fsp3) is 0.375. The lowest BCUT2D eigenvalue weighted by Gasteiger charge is -2.22. The predicted molar refractivity (Wildman–Crippen MR) is 124 cm³/mol. The van der Waals surface area contributed by atoms with Crippen molar-refractivity contribution < 1.29 is 9.59 Å².